The zero-order valence-electron chi connectivity index (χ0n) is 19.1. The Balaban J connectivity index is 2.52. The van der Waals surface area contributed by atoms with Crippen molar-refractivity contribution in [3.8, 4) is 5.75 Å². The Labute approximate surface area is 194 Å². The molecule has 2 aromatic rings. The molecular formula is C21H25FN6O6. The standard InChI is InChI=1S/C21H25FN6O6/c1-5-27(7-6-21(30)34-4)19-10-16(24-12(2)29)17(11-20(19)33-3)26-25-15-8-13(22)18(28(31)32)9-14(15)23/h8-11H,5-7,23H2,1-4H3,(H,24,29)/b26-25+. The lowest BCUT2D eigenvalue weighted by Crippen LogP contribution is -2.26. The van der Waals surface area contributed by atoms with Gasteiger partial charge in [-0.15, -0.1) is 10.2 Å². The van der Waals surface area contributed by atoms with Crippen LogP contribution in [0.3, 0.4) is 0 Å². The topological polar surface area (TPSA) is 162 Å². The van der Waals surface area contributed by atoms with Gasteiger partial charge in [0.25, 0.3) is 0 Å². The number of esters is 1. The number of rotatable bonds is 10. The third-order valence-corrected chi connectivity index (χ3v) is 4.70. The van der Waals surface area contributed by atoms with Crippen LogP contribution >= 0.6 is 0 Å². The highest BCUT2D eigenvalue weighted by molar-refractivity contribution is 5.94. The fourth-order valence-electron chi connectivity index (χ4n) is 3.02. The van der Waals surface area contributed by atoms with Crippen LogP contribution in [0.25, 0.3) is 0 Å². The smallest absolute Gasteiger partial charge is 0.307 e. The van der Waals surface area contributed by atoms with Crippen LogP contribution in [0.4, 0.5) is 38.5 Å². The van der Waals surface area contributed by atoms with E-state index in [4.69, 9.17) is 15.2 Å². The zero-order valence-corrected chi connectivity index (χ0v) is 19.1. The van der Waals surface area contributed by atoms with Gasteiger partial charge in [0.05, 0.1) is 42.6 Å². The highest BCUT2D eigenvalue weighted by Crippen LogP contribution is 2.40. The van der Waals surface area contributed by atoms with Crippen molar-refractivity contribution in [3.05, 3.63) is 40.2 Å². The molecule has 0 atom stereocenters. The van der Waals surface area contributed by atoms with Crippen molar-refractivity contribution in [2.24, 2.45) is 10.2 Å². The van der Waals surface area contributed by atoms with Crippen molar-refractivity contribution in [2.75, 3.05) is 43.3 Å². The van der Waals surface area contributed by atoms with Crippen molar-refractivity contribution in [2.45, 2.75) is 20.3 Å². The van der Waals surface area contributed by atoms with Gasteiger partial charge in [0.1, 0.15) is 17.1 Å². The van der Waals surface area contributed by atoms with E-state index in [1.807, 2.05) is 11.8 Å². The summed E-state index contributed by atoms with van der Waals surface area (Å²) in [5.41, 5.74) is 5.70. The molecule has 2 aromatic carbocycles. The minimum absolute atomic E-state index is 0.131. The Bertz CT molecular complexity index is 1120. The van der Waals surface area contributed by atoms with E-state index < -0.39 is 16.4 Å². The molecule has 0 radical (unpaired) electrons. The van der Waals surface area contributed by atoms with Crippen LogP contribution in [0.15, 0.2) is 34.5 Å². The molecular weight excluding hydrogens is 451 g/mol. The van der Waals surface area contributed by atoms with Gasteiger partial charge in [-0.25, -0.2) is 0 Å². The molecule has 182 valence electrons. The molecule has 0 saturated carbocycles. The number of amides is 1. The Hall–Kier alpha value is -4.29. The molecule has 0 spiro atoms. The summed E-state index contributed by atoms with van der Waals surface area (Å²) in [6.07, 6.45) is 0.134. The van der Waals surface area contributed by atoms with Crippen molar-refractivity contribution in [3.63, 3.8) is 0 Å². The third-order valence-electron chi connectivity index (χ3n) is 4.70. The molecule has 0 unspecified atom stereocenters. The van der Waals surface area contributed by atoms with Crippen molar-refractivity contribution in [1.29, 1.82) is 0 Å². The van der Waals surface area contributed by atoms with Gasteiger partial charge in [-0.1, -0.05) is 0 Å². The van der Waals surface area contributed by atoms with Crippen molar-refractivity contribution >= 4 is 46.0 Å². The van der Waals surface area contributed by atoms with Gasteiger partial charge in [0, 0.05) is 38.2 Å². The van der Waals surface area contributed by atoms with Gasteiger partial charge in [0.15, 0.2) is 0 Å². The molecule has 0 aliphatic carbocycles. The largest absolute Gasteiger partial charge is 0.494 e. The van der Waals surface area contributed by atoms with Gasteiger partial charge >= 0.3 is 11.7 Å². The maximum atomic E-state index is 14.0. The second-order valence-corrected chi connectivity index (χ2v) is 6.95. The molecule has 0 aliphatic heterocycles. The highest BCUT2D eigenvalue weighted by atomic mass is 19.1. The fourth-order valence-corrected chi connectivity index (χ4v) is 3.02. The Morgan fingerprint density at radius 3 is 2.44 bits per heavy atom. The number of carbonyl (C=O) groups is 2. The zero-order chi connectivity index (χ0) is 25.4. The Morgan fingerprint density at radius 2 is 1.88 bits per heavy atom. The highest BCUT2D eigenvalue weighted by Gasteiger charge is 2.19. The lowest BCUT2D eigenvalue weighted by Gasteiger charge is -2.25. The normalized spacial score (nSPS) is 10.7. The van der Waals surface area contributed by atoms with E-state index in [9.17, 15) is 24.1 Å². The predicted octanol–water partition coefficient (Wildman–Crippen LogP) is 4.09. The molecule has 0 saturated heterocycles. The SMILES string of the molecule is CCN(CCC(=O)OC)c1cc(NC(C)=O)c(/N=N/c2cc(F)c([N+](=O)[O-])cc2N)cc1OC. The summed E-state index contributed by atoms with van der Waals surface area (Å²) in [4.78, 5) is 35.2. The molecule has 2 rings (SSSR count). The maximum absolute atomic E-state index is 14.0. The average Bonchev–Trinajstić information content (AvgIpc) is 2.79. The second kappa shape index (κ2) is 11.5. The summed E-state index contributed by atoms with van der Waals surface area (Å²) >= 11 is 0. The number of halogens is 1. The van der Waals surface area contributed by atoms with Crippen LogP contribution in [0, 0.1) is 15.9 Å². The molecule has 0 aromatic heterocycles. The number of benzene rings is 2. The average molecular weight is 476 g/mol. The lowest BCUT2D eigenvalue weighted by molar-refractivity contribution is -0.387. The van der Waals surface area contributed by atoms with Crippen LogP contribution in [0.2, 0.25) is 0 Å². The number of nitrogen functional groups attached to an aromatic ring is 1. The second-order valence-electron chi connectivity index (χ2n) is 6.95. The van der Waals surface area contributed by atoms with Gasteiger partial charge in [-0.05, 0) is 13.0 Å². The summed E-state index contributed by atoms with van der Waals surface area (Å²) in [5.74, 6) is -1.51. The van der Waals surface area contributed by atoms with E-state index in [0.29, 0.717) is 24.5 Å². The molecule has 0 bridgehead atoms. The van der Waals surface area contributed by atoms with Gasteiger partial charge in [0.2, 0.25) is 11.7 Å². The molecule has 0 aliphatic rings. The number of azo groups is 1. The maximum Gasteiger partial charge on any atom is 0.307 e. The number of anilines is 3. The quantitative estimate of drug-likeness (QED) is 0.170. The number of nitro benzene ring substituents is 1. The number of carbonyl (C=O) groups excluding carboxylic acids is 2. The molecule has 3 N–H and O–H groups in total. The van der Waals surface area contributed by atoms with Crippen molar-refractivity contribution < 1.29 is 28.4 Å². The number of methoxy groups -OCH3 is 2. The molecule has 12 nitrogen and oxygen atoms in total. The monoisotopic (exact) mass is 476 g/mol. The van der Waals surface area contributed by atoms with E-state index in [0.717, 1.165) is 12.1 Å². The van der Waals surface area contributed by atoms with Crippen LogP contribution in [-0.2, 0) is 14.3 Å². The summed E-state index contributed by atoms with van der Waals surface area (Å²) in [7, 11) is 2.74. The molecule has 34 heavy (non-hydrogen) atoms. The first-order valence-corrected chi connectivity index (χ1v) is 10.1. The Kier molecular flexibility index (Phi) is 8.81. The summed E-state index contributed by atoms with van der Waals surface area (Å²) < 4.78 is 24.2. The first kappa shape index (κ1) is 26.0. The van der Waals surface area contributed by atoms with E-state index >= 15 is 0 Å². The number of ether oxygens (including phenoxy) is 2. The van der Waals surface area contributed by atoms with Crippen LogP contribution < -0.4 is 20.7 Å². The lowest BCUT2D eigenvalue weighted by atomic mass is 10.2. The van der Waals surface area contributed by atoms with Crippen molar-refractivity contribution in [1.82, 2.24) is 0 Å². The summed E-state index contributed by atoms with van der Waals surface area (Å²) in [6, 6.07) is 4.76. The number of hydrogen-bond acceptors (Lipinski definition) is 10. The van der Waals surface area contributed by atoms with Crippen LogP contribution in [-0.4, -0.2) is 44.1 Å². The van der Waals surface area contributed by atoms with Gasteiger partial charge in [-0.2, -0.15) is 4.39 Å². The predicted molar refractivity (Wildman–Crippen MR) is 123 cm³/mol. The van der Waals surface area contributed by atoms with Gasteiger partial charge < -0.3 is 25.4 Å². The minimum atomic E-state index is -1.12. The van der Waals surface area contributed by atoms with Crippen LogP contribution in [0.1, 0.15) is 20.3 Å². The van der Waals surface area contributed by atoms with E-state index in [1.54, 1.807) is 6.07 Å². The van der Waals surface area contributed by atoms with E-state index in [1.165, 1.54) is 27.2 Å². The summed E-state index contributed by atoms with van der Waals surface area (Å²) in [5, 5.41) is 21.5. The number of nitrogens with one attached hydrogen (secondary N) is 1. The number of hydrogen-bond donors (Lipinski definition) is 2. The minimum Gasteiger partial charge on any atom is -0.494 e. The third kappa shape index (κ3) is 6.37. The molecule has 1 amide bonds. The first-order chi connectivity index (χ1) is 16.1. The summed E-state index contributed by atoms with van der Waals surface area (Å²) in [6.45, 7) is 4.04. The number of nitrogens with two attached hydrogens (primary N) is 1. The molecule has 13 heteroatoms. The Morgan fingerprint density at radius 1 is 1.21 bits per heavy atom. The van der Waals surface area contributed by atoms with E-state index in [2.05, 4.69) is 15.5 Å². The molecule has 0 fully saturated rings. The number of nitro groups is 1. The first-order valence-electron chi connectivity index (χ1n) is 10.1. The number of nitrogens with zero attached hydrogens (tertiary/aromatic N) is 4. The fraction of sp³-hybridized carbons (Fsp3) is 0.333. The van der Waals surface area contributed by atoms with Crippen LogP contribution in [0.5, 0.6) is 5.75 Å². The van der Waals surface area contributed by atoms with E-state index in [-0.39, 0.29) is 41.0 Å². The molecule has 0 heterocycles. The van der Waals surface area contributed by atoms with Gasteiger partial charge in [-0.3, -0.25) is 19.7 Å².